The van der Waals surface area contributed by atoms with Gasteiger partial charge in [-0.1, -0.05) is 127 Å². The molecular weight excluding hydrogens is 1640 g/mol. The van der Waals surface area contributed by atoms with Crippen molar-refractivity contribution >= 4 is 118 Å². The molecule has 1 spiro atoms. The summed E-state index contributed by atoms with van der Waals surface area (Å²) in [5.41, 5.74) is 15.6. The summed E-state index contributed by atoms with van der Waals surface area (Å²) in [7, 11) is 0. The van der Waals surface area contributed by atoms with Crippen molar-refractivity contribution in [2.45, 2.75) is 150 Å². The van der Waals surface area contributed by atoms with Crippen molar-refractivity contribution in [3.63, 3.8) is 0 Å². The molecule has 0 saturated carbocycles. The number of carbonyl (C=O) groups excluding carboxylic acids is 12. The van der Waals surface area contributed by atoms with Crippen LogP contribution >= 0.6 is 25.3 Å². The third kappa shape index (κ3) is 22.9. The molecule has 125 heavy (non-hydrogen) atoms. The van der Waals surface area contributed by atoms with Crippen LogP contribution < -0.4 is 69.4 Å². The normalized spacial score (nSPS) is 14.6. The molecule has 2 aromatic heterocycles. The van der Waals surface area contributed by atoms with Crippen molar-refractivity contribution in [3.8, 4) is 23.0 Å². The van der Waals surface area contributed by atoms with Gasteiger partial charge in [-0.25, -0.2) is 4.79 Å². The number of aliphatic hydroxyl groups is 1. The van der Waals surface area contributed by atoms with Gasteiger partial charge in [0.25, 0.3) is 5.91 Å². The van der Waals surface area contributed by atoms with E-state index in [2.05, 4.69) is 88.4 Å². The van der Waals surface area contributed by atoms with Gasteiger partial charge < -0.3 is 99.4 Å². The monoisotopic (exact) mass is 1740 g/mol. The molecule has 12 rings (SSSR count). The lowest BCUT2D eigenvalue weighted by Gasteiger charge is -2.36. The zero-order valence-corrected chi connectivity index (χ0v) is 70.1. The highest BCUT2D eigenvalue weighted by Crippen LogP contribution is 2.57. The van der Waals surface area contributed by atoms with Crippen LogP contribution in [0.5, 0.6) is 23.0 Å². The Labute approximate surface area is 730 Å². The number of hydrogen-bond donors (Lipinski definition) is 19. The molecule has 0 fully saturated rings. The first-order chi connectivity index (χ1) is 60.3. The number of aliphatic hydroxyl groups excluding tert-OH is 1. The van der Waals surface area contributed by atoms with Crippen LogP contribution in [0.1, 0.15) is 117 Å². The number of esters is 1. The van der Waals surface area contributed by atoms with Crippen molar-refractivity contribution in [1.82, 2.24) is 63.1 Å². The number of primary amides is 1. The smallest absolute Gasteiger partial charge is 0.340 e. The molecule has 0 aliphatic carbocycles. The highest BCUT2D eigenvalue weighted by atomic mass is 32.1. The number of fused-ring (bicyclic) bond motifs is 8. The number of unbranched alkanes of at least 4 members (excludes halogenated alkanes) is 1. The van der Waals surface area contributed by atoms with E-state index in [1.54, 1.807) is 134 Å². The minimum atomic E-state index is -1.75. The Morgan fingerprint density at radius 1 is 0.448 bits per heavy atom. The van der Waals surface area contributed by atoms with E-state index in [0.29, 0.717) is 72.7 Å². The molecule has 19 N–H and O–H groups in total. The van der Waals surface area contributed by atoms with Gasteiger partial charge >= 0.3 is 5.97 Å². The maximum atomic E-state index is 15.7. The van der Waals surface area contributed by atoms with Gasteiger partial charge in [-0.05, 0) is 146 Å². The van der Waals surface area contributed by atoms with E-state index < -0.39 is 137 Å². The zero-order chi connectivity index (χ0) is 88.8. The Bertz CT molecular complexity index is 5530. The number of hydrogen-bond acceptors (Lipinski definition) is 20. The summed E-state index contributed by atoms with van der Waals surface area (Å²) in [4.78, 5) is 180. The number of aromatic nitrogens is 2. The Kier molecular flexibility index (Phi) is 30.9. The molecule has 31 nitrogen and oxygen atoms in total. The lowest BCUT2D eigenvalue weighted by molar-refractivity contribution is -0.137. The number of phenolic OH excluding ortho intramolecular Hbond substituents is 2. The highest BCUT2D eigenvalue weighted by molar-refractivity contribution is 7.80. The number of rotatable bonds is 42. The fraction of sp³-hybridized carbons (Fsp3) is 0.304. The van der Waals surface area contributed by atoms with Crippen LogP contribution in [0.3, 0.4) is 0 Å². The zero-order valence-electron chi connectivity index (χ0n) is 68.3. The lowest BCUT2D eigenvalue weighted by atomic mass is 9.77. The molecule has 2 aliphatic rings. The van der Waals surface area contributed by atoms with Gasteiger partial charge in [0.2, 0.25) is 59.1 Å². The van der Waals surface area contributed by atoms with Crippen LogP contribution in [-0.2, 0) is 90.4 Å². The lowest BCUT2D eigenvalue weighted by Crippen LogP contribution is -2.62. The number of para-hydroxylation sites is 2. The van der Waals surface area contributed by atoms with Gasteiger partial charge in [0.15, 0.2) is 5.60 Å². The number of H-pyrrole nitrogens is 2. The number of nitrogens with one attached hydrogen (secondary N) is 12. The van der Waals surface area contributed by atoms with Crippen molar-refractivity contribution in [1.29, 1.82) is 0 Å². The summed E-state index contributed by atoms with van der Waals surface area (Å²) >= 11 is 8.67. The minimum Gasteiger partial charge on any atom is -0.508 e. The van der Waals surface area contributed by atoms with Crippen LogP contribution in [0.15, 0.2) is 207 Å². The summed E-state index contributed by atoms with van der Waals surface area (Å²) in [6.07, 6.45) is 1.46. The van der Waals surface area contributed by atoms with Crippen LogP contribution in [0.2, 0.25) is 0 Å². The molecule has 10 atom stereocenters. The quantitative estimate of drug-likeness (QED) is 0.0130. The summed E-state index contributed by atoms with van der Waals surface area (Å²) < 4.78 is 12.2. The SMILES string of the molecule is C[C@@H](O)[C@H](NC(=O)[C@H](CCCCN)NC(=O)[C@@H](Cc1c[nH]c2ccccc12)NC(=O)[C@H](Cc1c[nH]c2ccccc12)NC(=O)[C@H](Cc1ccccc1)NC(=O)[C@H](CCS)NC(=O)[C@@H](Cc1ccccc1)NC(=O)CCCNC(=O)c1ccc2c(c1)C1(OC2=O)c2ccc(O)cc2Oc2cc(O)ccc21)C(=O)N[C@@H](Cc1ccccc1)C(=O)N[C@@H](CCS)C(N)=O. The van der Waals surface area contributed by atoms with Crippen LogP contribution in [0.4, 0.5) is 0 Å². The Balaban J connectivity index is 0.759. The second kappa shape index (κ2) is 42.5. The summed E-state index contributed by atoms with van der Waals surface area (Å²) in [5, 5.41) is 61.2. The summed E-state index contributed by atoms with van der Waals surface area (Å²) in [6, 6.07) is 40.6. The number of carbonyl (C=O) groups is 12. The van der Waals surface area contributed by atoms with Gasteiger partial charge in [-0.2, -0.15) is 25.3 Å². The molecular formula is C92H100N14O17S2. The fourth-order valence-electron chi connectivity index (χ4n) is 15.4. The molecule has 8 aromatic carbocycles. The summed E-state index contributed by atoms with van der Waals surface area (Å²) in [5.74, 6) is -9.41. The van der Waals surface area contributed by atoms with E-state index in [4.69, 9.17) is 20.9 Å². The molecule has 11 amide bonds. The van der Waals surface area contributed by atoms with E-state index in [1.165, 1.54) is 49.4 Å². The Morgan fingerprint density at radius 3 is 1.34 bits per heavy atom. The largest absolute Gasteiger partial charge is 0.508 e. The van der Waals surface area contributed by atoms with Gasteiger partial charge in [-0.3, -0.25) is 52.7 Å². The van der Waals surface area contributed by atoms with E-state index in [-0.39, 0.29) is 129 Å². The molecule has 0 saturated heterocycles. The van der Waals surface area contributed by atoms with Crippen LogP contribution in [0, 0.1) is 0 Å². The average molecular weight is 1740 g/mol. The third-order valence-electron chi connectivity index (χ3n) is 21.9. The van der Waals surface area contributed by atoms with E-state index in [9.17, 15) is 53.7 Å². The molecule has 33 heteroatoms. The number of aromatic amines is 2. The van der Waals surface area contributed by atoms with E-state index in [1.807, 2.05) is 30.3 Å². The minimum absolute atomic E-state index is 0.0274. The predicted molar refractivity (Wildman–Crippen MR) is 472 cm³/mol. The predicted octanol–water partition coefficient (Wildman–Crippen LogP) is 5.35. The van der Waals surface area contributed by atoms with E-state index >= 15 is 19.2 Å². The number of aromatic hydroxyl groups is 2. The van der Waals surface area contributed by atoms with Crippen LogP contribution in [0.25, 0.3) is 21.8 Å². The Morgan fingerprint density at radius 2 is 0.864 bits per heavy atom. The first kappa shape index (κ1) is 90.7. The number of benzene rings is 8. The van der Waals surface area contributed by atoms with Gasteiger partial charge in [-0.15, -0.1) is 0 Å². The number of phenols is 2. The first-order valence-corrected chi connectivity index (χ1v) is 42.4. The molecule has 0 bridgehead atoms. The van der Waals surface area contributed by atoms with Crippen LogP contribution in [-0.4, -0.2) is 181 Å². The molecule has 2 aliphatic heterocycles. The molecule has 0 unspecified atom stereocenters. The van der Waals surface area contributed by atoms with Crippen molar-refractivity contribution in [2.75, 3.05) is 24.6 Å². The van der Waals surface area contributed by atoms with Crippen molar-refractivity contribution < 1.29 is 82.3 Å². The van der Waals surface area contributed by atoms with E-state index in [0.717, 1.165) is 0 Å². The standard InChI is InChI=1S/C92H100N14O17S2/c1-52(107)80(90(120)105-74(44-55-22-9-4-10-23-55)86(116)99-69(36-40-124)81(94)111)106-84(114)70(28-15-16-38-93)100-88(118)75(46-57-50-96-67-26-13-11-24-61(57)67)104-89(119)76(47-58-51-97-68-27-14-12-25-62(58)68)103-87(117)73(43-54-20-7-3-8-21-54)102-83(113)71(37-41-125)101-85(115)72(42-53-18-5-2-6-19-53)98-79(110)29-17-39-95-82(112)56-30-33-63-66(45-56)92(123-91(63)121)64-34-31-59(108)48-77(64)122-78-49-60(109)32-35-65(78)92/h2-14,18-27,30-35,45,48-52,69-76,80,96-97,107-109,124-125H,15-17,28-29,36-44,46-47,93H2,1H3,(H2,94,111)(H,95,112)(H,98,110)(H,99,116)(H,100,118)(H,101,115)(H,102,113)(H,103,117)(H,104,119)(H,105,120)(H,106,114)/t52-,69+,70+,71+,72-,73+,74+,75-,76+,80+/m1/s1. The summed E-state index contributed by atoms with van der Waals surface area (Å²) in [6.45, 7) is 1.41. The number of thiol groups is 2. The maximum Gasteiger partial charge on any atom is 0.340 e. The topological polar surface area (TPSA) is 488 Å². The second-order valence-corrected chi connectivity index (χ2v) is 31.7. The average Bonchev–Trinajstić information content (AvgIpc) is 1.57. The molecule has 4 heterocycles. The Hall–Kier alpha value is -13.5. The highest BCUT2D eigenvalue weighted by Gasteiger charge is 2.54. The fourth-order valence-corrected chi connectivity index (χ4v) is 15.9. The van der Waals surface area contributed by atoms with Gasteiger partial charge in [0.1, 0.15) is 77.4 Å². The van der Waals surface area contributed by atoms with Gasteiger partial charge in [0.05, 0.1) is 11.7 Å². The van der Waals surface area contributed by atoms with Crippen molar-refractivity contribution in [3.05, 3.63) is 262 Å². The van der Waals surface area contributed by atoms with Crippen molar-refractivity contribution in [2.24, 2.45) is 11.5 Å². The number of amides is 11. The second-order valence-electron chi connectivity index (χ2n) is 30.8. The maximum absolute atomic E-state index is 15.7. The first-order valence-electron chi connectivity index (χ1n) is 41.2. The molecule has 10 aromatic rings. The van der Waals surface area contributed by atoms with Gasteiger partial charge in [0, 0.05) is 114 Å². The molecule has 0 radical (unpaired) electrons. The number of nitrogens with two attached hydrogens (primary N) is 2. The molecule has 652 valence electrons. The third-order valence-corrected chi connectivity index (χ3v) is 22.4. The number of ether oxygens (including phenoxy) is 2.